The van der Waals surface area contributed by atoms with Gasteiger partial charge in [0.25, 0.3) is 10.2 Å². The van der Waals surface area contributed by atoms with Gasteiger partial charge in [-0.2, -0.15) is 17.0 Å². The Morgan fingerprint density at radius 3 is 1.96 bits per heavy atom. The number of hydrogen-bond donors (Lipinski definition) is 1. The van der Waals surface area contributed by atoms with E-state index in [1.165, 1.54) is 8.61 Å². The fraction of sp³-hybridized carbons (Fsp3) is 0.929. The van der Waals surface area contributed by atoms with Gasteiger partial charge in [-0.05, 0) is 27.7 Å². The van der Waals surface area contributed by atoms with E-state index >= 15 is 0 Å². The van der Waals surface area contributed by atoms with E-state index < -0.39 is 15.7 Å². The first kappa shape index (κ1) is 18.6. The van der Waals surface area contributed by atoms with Crippen LogP contribution in [-0.4, -0.2) is 84.9 Å². The highest BCUT2D eigenvalue weighted by molar-refractivity contribution is 7.86. The first-order valence-corrected chi connectivity index (χ1v) is 9.40. The van der Waals surface area contributed by atoms with E-state index in [4.69, 9.17) is 10.5 Å². The number of hydrogen-bond acceptors (Lipinski definition) is 5. The summed E-state index contributed by atoms with van der Waals surface area (Å²) in [5.74, 6) is -0.150. The molecular weight excluding hydrogens is 320 g/mol. The maximum absolute atomic E-state index is 12.8. The van der Waals surface area contributed by atoms with Gasteiger partial charge in [0.05, 0.1) is 17.7 Å². The normalized spacial score (nSPS) is 28.8. The topological polar surface area (TPSA) is 96.2 Å². The number of amides is 1. The molecule has 2 rings (SSSR count). The Kier molecular flexibility index (Phi) is 5.37. The van der Waals surface area contributed by atoms with Gasteiger partial charge in [0.2, 0.25) is 5.91 Å². The molecule has 0 aromatic rings. The molecule has 8 nitrogen and oxygen atoms in total. The third-order valence-corrected chi connectivity index (χ3v) is 6.08. The third kappa shape index (κ3) is 4.21. The molecule has 134 valence electrons. The molecule has 0 aromatic heterocycles. The minimum atomic E-state index is -3.52. The summed E-state index contributed by atoms with van der Waals surface area (Å²) in [5, 5.41) is 0. The van der Waals surface area contributed by atoms with Crippen LogP contribution >= 0.6 is 0 Å². The van der Waals surface area contributed by atoms with Crippen LogP contribution in [0.3, 0.4) is 0 Å². The lowest BCUT2D eigenvalue weighted by Gasteiger charge is -2.41. The Morgan fingerprint density at radius 1 is 1.04 bits per heavy atom. The zero-order valence-electron chi connectivity index (χ0n) is 14.4. The van der Waals surface area contributed by atoms with Crippen molar-refractivity contribution in [3.05, 3.63) is 0 Å². The van der Waals surface area contributed by atoms with Gasteiger partial charge in [-0.25, -0.2) is 0 Å². The van der Waals surface area contributed by atoms with Crippen LogP contribution < -0.4 is 5.73 Å². The van der Waals surface area contributed by atoms with E-state index in [0.717, 1.165) is 0 Å². The number of morpholine rings is 1. The average molecular weight is 348 g/mol. The summed E-state index contributed by atoms with van der Waals surface area (Å²) >= 11 is 0. The van der Waals surface area contributed by atoms with Crippen molar-refractivity contribution in [3.8, 4) is 0 Å². The van der Waals surface area contributed by atoms with Crippen LogP contribution in [0.25, 0.3) is 0 Å². The summed E-state index contributed by atoms with van der Waals surface area (Å²) in [6.07, 6.45) is -0.233. The van der Waals surface area contributed by atoms with Crippen LogP contribution in [0.4, 0.5) is 0 Å². The molecule has 23 heavy (non-hydrogen) atoms. The van der Waals surface area contributed by atoms with Crippen molar-refractivity contribution in [2.75, 3.05) is 39.3 Å². The molecule has 0 aliphatic carbocycles. The predicted octanol–water partition coefficient (Wildman–Crippen LogP) is -0.778. The molecule has 1 amide bonds. The van der Waals surface area contributed by atoms with Crippen LogP contribution in [0.15, 0.2) is 0 Å². The molecule has 0 spiro atoms. The molecule has 2 N–H and O–H groups in total. The van der Waals surface area contributed by atoms with Gasteiger partial charge in [-0.15, -0.1) is 0 Å². The lowest BCUT2D eigenvalue weighted by molar-refractivity contribution is -0.137. The lowest BCUT2D eigenvalue weighted by Crippen LogP contribution is -2.60. The first-order valence-electron chi connectivity index (χ1n) is 8.00. The molecule has 0 saturated carbocycles. The van der Waals surface area contributed by atoms with E-state index in [9.17, 15) is 13.2 Å². The molecule has 2 unspecified atom stereocenters. The van der Waals surface area contributed by atoms with Crippen molar-refractivity contribution in [1.29, 1.82) is 0 Å². The minimum absolute atomic E-state index is 0.116. The number of carbonyl (C=O) groups excluding carboxylic acids is 1. The summed E-state index contributed by atoms with van der Waals surface area (Å²) in [7, 11) is -3.52. The second-order valence-electron chi connectivity index (χ2n) is 7.00. The Balaban J connectivity index is 2.00. The van der Waals surface area contributed by atoms with Crippen molar-refractivity contribution in [1.82, 2.24) is 13.5 Å². The molecule has 2 aliphatic rings. The van der Waals surface area contributed by atoms with Gasteiger partial charge >= 0.3 is 0 Å². The van der Waals surface area contributed by atoms with Crippen LogP contribution in [0, 0.1) is 0 Å². The van der Waals surface area contributed by atoms with E-state index in [2.05, 4.69) is 0 Å². The highest BCUT2D eigenvalue weighted by Gasteiger charge is 2.38. The Morgan fingerprint density at radius 2 is 1.52 bits per heavy atom. The predicted molar refractivity (Wildman–Crippen MR) is 86.9 cm³/mol. The summed E-state index contributed by atoms with van der Waals surface area (Å²) in [6.45, 7) is 9.13. The Bertz CT molecular complexity index is 527. The number of nitrogens with zero attached hydrogens (tertiary/aromatic N) is 3. The molecular formula is C14H28N4O4S. The second-order valence-corrected chi connectivity index (χ2v) is 8.92. The standard InChI is InChI=1S/C14H28N4O4S/c1-11-9-18(10-12(2)22-11)23(20,21)17-7-5-16(6-8-17)13(19)14(3,4)15/h11-12H,5-10,15H2,1-4H3. The number of piperazine rings is 1. The van der Waals surface area contributed by atoms with Crippen molar-refractivity contribution >= 4 is 16.1 Å². The van der Waals surface area contributed by atoms with E-state index in [-0.39, 0.29) is 18.1 Å². The van der Waals surface area contributed by atoms with Gasteiger partial charge in [-0.3, -0.25) is 4.79 Å². The zero-order valence-corrected chi connectivity index (χ0v) is 15.2. The third-order valence-electron chi connectivity index (χ3n) is 4.12. The van der Waals surface area contributed by atoms with Crippen LogP contribution in [0.1, 0.15) is 27.7 Å². The summed E-state index contributed by atoms with van der Waals surface area (Å²) in [6, 6.07) is 0. The average Bonchev–Trinajstić information content (AvgIpc) is 2.44. The van der Waals surface area contributed by atoms with Crippen molar-refractivity contribution in [3.63, 3.8) is 0 Å². The molecule has 2 saturated heterocycles. The highest BCUT2D eigenvalue weighted by Crippen LogP contribution is 2.19. The molecule has 0 aromatic carbocycles. The maximum atomic E-state index is 12.8. The highest BCUT2D eigenvalue weighted by atomic mass is 32.2. The number of rotatable bonds is 3. The van der Waals surface area contributed by atoms with Crippen molar-refractivity contribution in [2.24, 2.45) is 5.73 Å². The zero-order chi connectivity index (χ0) is 17.4. The van der Waals surface area contributed by atoms with Crippen LogP contribution in [0.5, 0.6) is 0 Å². The van der Waals surface area contributed by atoms with Gasteiger partial charge in [0.1, 0.15) is 0 Å². The molecule has 0 bridgehead atoms. The molecule has 9 heteroatoms. The number of ether oxygens (including phenoxy) is 1. The molecule has 2 atom stereocenters. The minimum Gasteiger partial charge on any atom is -0.373 e. The molecule has 2 aliphatic heterocycles. The van der Waals surface area contributed by atoms with Crippen molar-refractivity contribution in [2.45, 2.75) is 45.4 Å². The smallest absolute Gasteiger partial charge is 0.282 e. The fourth-order valence-electron chi connectivity index (χ4n) is 3.01. The quantitative estimate of drug-likeness (QED) is 0.722. The van der Waals surface area contributed by atoms with Gasteiger partial charge in [-0.1, -0.05) is 0 Å². The molecule has 0 radical (unpaired) electrons. The van der Waals surface area contributed by atoms with E-state index in [0.29, 0.717) is 39.3 Å². The van der Waals surface area contributed by atoms with Crippen molar-refractivity contribution < 1.29 is 17.9 Å². The second kappa shape index (κ2) is 6.64. The first-order chi connectivity index (χ1) is 10.5. The maximum Gasteiger partial charge on any atom is 0.282 e. The molecule has 2 fully saturated rings. The van der Waals surface area contributed by atoms with E-state index in [1.54, 1.807) is 18.7 Å². The SMILES string of the molecule is CC1CN(S(=O)(=O)N2CCN(C(=O)C(C)(C)N)CC2)CC(C)O1. The van der Waals surface area contributed by atoms with Gasteiger partial charge < -0.3 is 15.4 Å². The molecule has 2 heterocycles. The van der Waals surface area contributed by atoms with Crippen LogP contribution in [-0.2, 0) is 19.7 Å². The summed E-state index contributed by atoms with van der Waals surface area (Å²) in [5.41, 5.74) is 4.90. The van der Waals surface area contributed by atoms with Gasteiger partial charge in [0.15, 0.2) is 0 Å². The fourth-order valence-corrected chi connectivity index (χ4v) is 4.76. The number of carbonyl (C=O) groups is 1. The Hall–Kier alpha value is -0.740. The summed E-state index contributed by atoms with van der Waals surface area (Å²) in [4.78, 5) is 13.8. The van der Waals surface area contributed by atoms with Gasteiger partial charge in [0, 0.05) is 39.3 Å². The monoisotopic (exact) mass is 348 g/mol. The Labute approximate surface area is 138 Å². The summed E-state index contributed by atoms with van der Waals surface area (Å²) < 4.78 is 34.1. The van der Waals surface area contributed by atoms with E-state index in [1.807, 2.05) is 13.8 Å². The lowest BCUT2D eigenvalue weighted by atomic mass is 10.1. The van der Waals surface area contributed by atoms with Crippen LogP contribution in [0.2, 0.25) is 0 Å². The largest absolute Gasteiger partial charge is 0.373 e. The number of nitrogens with two attached hydrogens (primary N) is 1.